The number of nitrogens with one attached hydrogen (secondary N) is 1. The normalized spacial score (nSPS) is 22.2. The molecule has 1 amide bonds. The van der Waals surface area contributed by atoms with Gasteiger partial charge in [-0.05, 0) is 32.1 Å². The van der Waals surface area contributed by atoms with Crippen molar-refractivity contribution < 1.29 is 39.8 Å². The van der Waals surface area contributed by atoms with Crippen LogP contribution in [0.5, 0.6) is 0 Å². The Kier molecular flexibility index (Phi) is 31.1. The van der Waals surface area contributed by atoms with Gasteiger partial charge >= 0.3 is 0 Å². The smallest absolute Gasteiger partial charge is 0.220 e. The molecule has 0 aromatic carbocycles. The number of carbonyl (C=O) groups excluding carboxylic acids is 1. The molecule has 7 atom stereocenters. The van der Waals surface area contributed by atoms with E-state index >= 15 is 0 Å². The third-order valence-electron chi connectivity index (χ3n) is 10.0. The minimum absolute atomic E-state index is 0.187. The molecule has 0 radical (unpaired) electrons. The highest BCUT2D eigenvalue weighted by Gasteiger charge is 2.44. The van der Waals surface area contributed by atoms with Gasteiger partial charge in [-0.15, -0.1) is 0 Å². The van der Waals surface area contributed by atoms with Gasteiger partial charge in [0.15, 0.2) is 6.29 Å². The van der Waals surface area contributed by atoms with E-state index in [2.05, 4.69) is 31.3 Å². The quantitative estimate of drug-likeness (QED) is 0.0289. The Morgan fingerprint density at radius 1 is 0.647 bits per heavy atom. The van der Waals surface area contributed by atoms with Gasteiger partial charge in [0.25, 0.3) is 0 Å². The highest BCUT2D eigenvalue weighted by atomic mass is 16.7. The number of rotatable bonds is 34. The van der Waals surface area contributed by atoms with E-state index < -0.39 is 49.5 Å². The lowest BCUT2D eigenvalue weighted by atomic mass is 9.99. The predicted octanol–water partition coefficient (Wildman–Crippen LogP) is 7.94. The van der Waals surface area contributed by atoms with Gasteiger partial charge in [-0.25, -0.2) is 0 Å². The predicted molar refractivity (Wildman–Crippen MR) is 207 cm³/mol. The van der Waals surface area contributed by atoms with Crippen LogP contribution in [0, 0.1) is 0 Å². The van der Waals surface area contributed by atoms with Crippen molar-refractivity contribution in [3.8, 4) is 0 Å². The van der Waals surface area contributed by atoms with Crippen LogP contribution < -0.4 is 5.32 Å². The van der Waals surface area contributed by atoms with Crippen molar-refractivity contribution in [1.29, 1.82) is 0 Å². The summed E-state index contributed by atoms with van der Waals surface area (Å²) in [5, 5.41) is 53.9. The topological polar surface area (TPSA) is 149 Å². The average molecular weight is 726 g/mol. The number of unbranched alkanes of at least 4 members (excludes halogenated alkanes) is 22. The summed E-state index contributed by atoms with van der Waals surface area (Å²) in [6, 6.07) is -0.814. The summed E-state index contributed by atoms with van der Waals surface area (Å²) in [7, 11) is 0. The minimum atomic E-state index is -1.57. The molecule has 6 N–H and O–H groups in total. The number of amides is 1. The summed E-state index contributed by atoms with van der Waals surface area (Å²) < 4.78 is 11.2. The molecule has 0 aliphatic carbocycles. The maximum Gasteiger partial charge on any atom is 0.220 e. The fourth-order valence-corrected chi connectivity index (χ4v) is 6.58. The summed E-state index contributed by atoms with van der Waals surface area (Å²) >= 11 is 0. The Balaban J connectivity index is 2.38. The van der Waals surface area contributed by atoms with Gasteiger partial charge < -0.3 is 40.3 Å². The molecule has 1 rings (SSSR count). The first kappa shape index (κ1) is 47.7. The van der Waals surface area contributed by atoms with Crippen molar-refractivity contribution >= 4 is 5.91 Å². The van der Waals surface area contributed by atoms with Crippen molar-refractivity contribution in [2.45, 2.75) is 224 Å². The highest BCUT2D eigenvalue weighted by molar-refractivity contribution is 5.76. The number of aliphatic hydroxyl groups excluding tert-OH is 5. The molecule has 1 saturated heterocycles. The summed E-state index contributed by atoms with van der Waals surface area (Å²) in [6.45, 7) is 3.72. The molecule has 9 nitrogen and oxygen atoms in total. The van der Waals surface area contributed by atoms with Crippen molar-refractivity contribution in [2.75, 3.05) is 13.2 Å². The van der Waals surface area contributed by atoms with Crippen LogP contribution >= 0.6 is 0 Å². The molecular weight excluding hydrogens is 646 g/mol. The summed E-state index contributed by atoms with van der Waals surface area (Å²) in [5.41, 5.74) is 0. The number of ether oxygens (including phenoxy) is 2. The van der Waals surface area contributed by atoms with Crippen molar-refractivity contribution in [1.82, 2.24) is 5.32 Å². The van der Waals surface area contributed by atoms with E-state index in [9.17, 15) is 30.3 Å². The molecule has 1 aliphatic rings. The van der Waals surface area contributed by atoms with E-state index in [0.717, 1.165) is 38.5 Å². The van der Waals surface area contributed by atoms with Gasteiger partial charge in [-0.2, -0.15) is 0 Å². The van der Waals surface area contributed by atoms with Gasteiger partial charge in [0.2, 0.25) is 5.91 Å². The first-order valence-corrected chi connectivity index (χ1v) is 21.1. The SMILES string of the molecule is CCCCCCC/C=C/CC/C=C/[C@@H](O)[C@H](CO[C@H]1O[C@@H](CO)[C@H](O)C(O)C1O)NC(=O)CCCCCCCCCCCCCCCCCCC. The largest absolute Gasteiger partial charge is 0.394 e. The molecule has 1 fully saturated rings. The monoisotopic (exact) mass is 726 g/mol. The fraction of sp³-hybridized carbons (Fsp3) is 0.881. The van der Waals surface area contributed by atoms with Crippen LogP contribution in [0.1, 0.15) is 181 Å². The van der Waals surface area contributed by atoms with Crippen LogP contribution in [0.4, 0.5) is 0 Å². The number of carbonyl (C=O) groups is 1. The molecule has 1 heterocycles. The second-order valence-electron chi connectivity index (χ2n) is 14.8. The molecule has 300 valence electrons. The highest BCUT2D eigenvalue weighted by Crippen LogP contribution is 2.22. The first-order chi connectivity index (χ1) is 24.8. The van der Waals surface area contributed by atoms with Crippen LogP contribution in [-0.4, -0.2) is 87.5 Å². The second kappa shape index (κ2) is 33.3. The van der Waals surface area contributed by atoms with Gasteiger partial charge in [0.1, 0.15) is 24.4 Å². The van der Waals surface area contributed by atoms with Crippen LogP contribution in [0.2, 0.25) is 0 Å². The molecule has 0 aromatic rings. The maximum absolute atomic E-state index is 12.9. The van der Waals surface area contributed by atoms with E-state index in [0.29, 0.717) is 6.42 Å². The molecule has 9 heteroatoms. The molecule has 0 saturated carbocycles. The third kappa shape index (κ3) is 24.6. The van der Waals surface area contributed by atoms with E-state index in [1.54, 1.807) is 6.08 Å². The van der Waals surface area contributed by atoms with Gasteiger partial charge in [0, 0.05) is 6.42 Å². The van der Waals surface area contributed by atoms with E-state index in [-0.39, 0.29) is 12.5 Å². The molecule has 0 aromatic heterocycles. The lowest BCUT2D eigenvalue weighted by molar-refractivity contribution is -0.302. The van der Waals surface area contributed by atoms with Crippen LogP contribution in [0.25, 0.3) is 0 Å². The number of aliphatic hydroxyl groups is 5. The fourth-order valence-electron chi connectivity index (χ4n) is 6.58. The Hall–Kier alpha value is -1.33. The maximum atomic E-state index is 12.9. The van der Waals surface area contributed by atoms with Crippen LogP contribution in [0.15, 0.2) is 24.3 Å². The lowest BCUT2D eigenvalue weighted by Gasteiger charge is -2.40. The standard InChI is InChI=1S/C42H79NO8/c1-3-5-7-9-11-13-15-16-17-18-19-20-22-24-26-28-30-32-38(46)43-35(34-50-42-41(49)40(48)39(47)37(33-44)51-42)36(45)31-29-27-25-23-21-14-12-10-8-6-4-2/h21,23,29,31,35-37,39-42,44-45,47-49H,3-20,22,24-28,30,32-34H2,1-2H3,(H,43,46)/b23-21+,31-29+/t35-,36+,37-,39-,40?,41?,42-/m0/s1. The molecule has 0 bridgehead atoms. The average Bonchev–Trinajstić information content (AvgIpc) is 3.13. The van der Waals surface area contributed by atoms with Crippen LogP contribution in [0.3, 0.4) is 0 Å². The van der Waals surface area contributed by atoms with Crippen molar-refractivity contribution in [3.63, 3.8) is 0 Å². The van der Waals surface area contributed by atoms with Gasteiger partial charge in [-0.3, -0.25) is 4.79 Å². The molecule has 51 heavy (non-hydrogen) atoms. The minimum Gasteiger partial charge on any atom is -0.394 e. The van der Waals surface area contributed by atoms with Gasteiger partial charge in [-0.1, -0.05) is 167 Å². The zero-order valence-corrected chi connectivity index (χ0v) is 32.6. The lowest BCUT2D eigenvalue weighted by Crippen LogP contribution is -2.60. The van der Waals surface area contributed by atoms with Crippen molar-refractivity contribution in [2.24, 2.45) is 0 Å². The zero-order valence-electron chi connectivity index (χ0n) is 32.6. The van der Waals surface area contributed by atoms with Gasteiger partial charge in [0.05, 0.1) is 25.4 Å². The summed E-state index contributed by atoms with van der Waals surface area (Å²) in [4.78, 5) is 12.9. The molecule has 0 spiro atoms. The van der Waals surface area contributed by atoms with Crippen molar-refractivity contribution in [3.05, 3.63) is 24.3 Å². The third-order valence-corrected chi connectivity index (χ3v) is 10.0. The molecular formula is C42H79NO8. The zero-order chi connectivity index (χ0) is 37.4. The molecule has 2 unspecified atom stereocenters. The Labute approximate surface area is 311 Å². The van der Waals surface area contributed by atoms with E-state index in [1.807, 2.05) is 6.08 Å². The Morgan fingerprint density at radius 3 is 1.65 bits per heavy atom. The molecule has 1 aliphatic heterocycles. The van der Waals surface area contributed by atoms with E-state index in [1.165, 1.54) is 122 Å². The summed E-state index contributed by atoms with van der Waals surface area (Å²) in [6.07, 6.45) is 30.8. The van der Waals surface area contributed by atoms with E-state index in [4.69, 9.17) is 9.47 Å². The number of allylic oxidation sites excluding steroid dienone is 3. The Morgan fingerprint density at radius 2 is 1.12 bits per heavy atom. The summed E-state index contributed by atoms with van der Waals surface area (Å²) in [5.74, 6) is -0.187. The Bertz CT molecular complexity index is 853. The number of hydrogen-bond acceptors (Lipinski definition) is 8. The van der Waals surface area contributed by atoms with Crippen LogP contribution in [-0.2, 0) is 14.3 Å². The second-order valence-corrected chi connectivity index (χ2v) is 14.8. The number of hydrogen-bond donors (Lipinski definition) is 6. The first-order valence-electron chi connectivity index (χ1n) is 21.1.